The van der Waals surface area contributed by atoms with E-state index in [1.807, 2.05) is 34.0 Å². The molecular weight excluding hydrogens is 302 g/mol. The molecule has 3 heterocycles. The van der Waals surface area contributed by atoms with E-state index < -0.39 is 0 Å². The molecule has 0 radical (unpaired) electrons. The number of rotatable bonds is 7. The molecule has 3 aromatic heterocycles. The molecule has 126 valence electrons. The summed E-state index contributed by atoms with van der Waals surface area (Å²) in [5, 5.41) is 12.0. The second-order valence-electron chi connectivity index (χ2n) is 5.69. The highest BCUT2D eigenvalue weighted by Gasteiger charge is 2.10. The van der Waals surface area contributed by atoms with Crippen molar-refractivity contribution in [2.45, 2.75) is 46.8 Å². The van der Waals surface area contributed by atoms with Crippen LogP contribution in [0, 0.1) is 6.92 Å². The number of nitrogens with zero attached hydrogens (tertiary/aromatic N) is 6. The van der Waals surface area contributed by atoms with Gasteiger partial charge in [-0.05, 0) is 26.3 Å². The van der Waals surface area contributed by atoms with Gasteiger partial charge in [0, 0.05) is 48.8 Å². The molecule has 1 N–H and O–H groups in total. The van der Waals surface area contributed by atoms with Gasteiger partial charge in [-0.15, -0.1) is 0 Å². The molecule has 0 amide bonds. The van der Waals surface area contributed by atoms with E-state index in [9.17, 15) is 0 Å². The first kappa shape index (κ1) is 16.2. The lowest BCUT2D eigenvalue weighted by molar-refractivity contribution is 0.587. The van der Waals surface area contributed by atoms with Crippen LogP contribution in [-0.2, 0) is 19.6 Å². The molecule has 3 rings (SSSR count). The highest BCUT2D eigenvalue weighted by atomic mass is 15.3. The summed E-state index contributed by atoms with van der Waals surface area (Å²) >= 11 is 0. The van der Waals surface area contributed by atoms with Crippen LogP contribution in [-0.4, -0.2) is 29.5 Å². The summed E-state index contributed by atoms with van der Waals surface area (Å²) in [7, 11) is 0. The molecule has 0 spiro atoms. The Morgan fingerprint density at radius 1 is 1.17 bits per heavy atom. The smallest absolute Gasteiger partial charge is 0.223 e. The van der Waals surface area contributed by atoms with Gasteiger partial charge in [-0.1, -0.05) is 6.92 Å². The summed E-state index contributed by atoms with van der Waals surface area (Å²) < 4.78 is 3.92. The average Bonchev–Trinajstić information content (AvgIpc) is 3.21. The number of hydrogen-bond donors (Lipinski definition) is 1. The highest BCUT2D eigenvalue weighted by molar-refractivity contribution is 5.61. The van der Waals surface area contributed by atoms with Gasteiger partial charge in [0.1, 0.15) is 0 Å². The van der Waals surface area contributed by atoms with Crippen LogP contribution in [0.3, 0.4) is 0 Å². The molecule has 0 atom stereocenters. The Hall–Kier alpha value is -2.70. The van der Waals surface area contributed by atoms with Gasteiger partial charge >= 0.3 is 0 Å². The lowest BCUT2D eigenvalue weighted by atomic mass is 10.2. The summed E-state index contributed by atoms with van der Waals surface area (Å²) in [6, 6.07) is 1.92. The Bertz CT molecular complexity index is 803. The zero-order valence-corrected chi connectivity index (χ0v) is 14.4. The van der Waals surface area contributed by atoms with E-state index >= 15 is 0 Å². The third-order valence-electron chi connectivity index (χ3n) is 3.93. The maximum atomic E-state index is 4.62. The maximum Gasteiger partial charge on any atom is 0.223 e. The molecule has 7 nitrogen and oxygen atoms in total. The van der Waals surface area contributed by atoms with Crippen molar-refractivity contribution in [3.63, 3.8) is 0 Å². The molecule has 0 saturated heterocycles. The fraction of sp³-hybridized carbons (Fsp3) is 0.412. The summed E-state index contributed by atoms with van der Waals surface area (Å²) in [5.41, 5.74) is 4.17. The largest absolute Gasteiger partial charge is 0.350 e. The molecule has 0 aromatic carbocycles. The minimum Gasteiger partial charge on any atom is -0.350 e. The summed E-state index contributed by atoms with van der Waals surface area (Å²) in [6.45, 7) is 8.73. The molecule has 7 heteroatoms. The number of aromatic nitrogens is 6. The number of aryl methyl sites for hydroxylation is 2. The summed E-state index contributed by atoms with van der Waals surface area (Å²) in [6.07, 6.45) is 8.60. The van der Waals surface area contributed by atoms with Gasteiger partial charge in [0.05, 0.1) is 18.1 Å². The quantitative estimate of drug-likeness (QED) is 0.723. The number of nitrogens with one attached hydrogen (secondary N) is 1. The van der Waals surface area contributed by atoms with Crippen LogP contribution in [0.5, 0.6) is 0 Å². The zero-order valence-electron chi connectivity index (χ0n) is 14.4. The van der Waals surface area contributed by atoms with Crippen molar-refractivity contribution in [3.8, 4) is 11.3 Å². The van der Waals surface area contributed by atoms with E-state index in [4.69, 9.17) is 0 Å². The Balaban J connectivity index is 1.74. The predicted octanol–water partition coefficient (Wildman–Crippen LogP) is 2.89. The van der Waals surface area contributed by atoms with Crippen molar-refractivity contribution in [1.29, 1.82) is 0 Å². The van der Waals surface area contributed by atoms with E-state index in [0.717, 1.165) is 42.0 Å². The fourth-order valence-electron chi connectivity index (χ4n) is 2.58. The highest BCUT2D eigenvalue weighted by Crippen LogP contribution is 2.21. The Kier molecular flexibility index (Phi) is 4.88. The molecule has 0 fully saturated rings. The second kappa shape index (κ2) is 7.25. The molecule has 0 aliphatic carbocycles. The third-order valence-corrected chi connectivity index (χ3v) is 3.93. The number of hydrogen-bond acceptors (Lipinski definition) is 5. The summed E-state index contributed by atoms with van der Waals surface area (Å²) in [4.78, 5) is 8.92. The fourth-order valence-corrected chi connectivity index (χ4v) is 2.58. The van der Waals surface area contributed by atoms with Crippen molar-refractivity contribution in [3.05, 3.63) is 42.1 Å². The zero-order chi connectivity index (χ0) is 16.9. The maximum absolute atomic E-state index is 4.62. The normalized spacial score (nSPS) is 11.0. The molecule has 0 bridgehead atoms. The van der Waals surface area contributed by atoms with Crippen molar-refractivity contribution >= 4 is 5.95 Å². The van der Waals surface area contributed by atoms with Gasteiger partial charge in [-0.2, -0.15) is 10.2 Å². The molecular formula is C17H23N7. The lowest BCUT2D eigenvalue weighted by Crippen LogP contribution is -2.04. The average molecular weight is 325 g/mol. The van der Waals surface area contributed by atoms with Crippen molar-refractivity contribution in [2.24, 2.45) is 0 Å². The molecule has 0 aliphatic rings. The van der Waals surface area contributed by atoms with Gasteiger partial charge < -0.3 is 5.32 Å². The first-order valence-electron chi connectivity index (χ1n) is 8.32. The van der Waals surface area contributed by atoms with Gasteiger partial charge in [-0.3, -0.25) is 9.36 Å². The molecule has 3 aromatic rings. The van der Waals surface area contributed by atoms with Crippen LogP contribution < -0.4 is 5.32 Å². The minimum absolute atomic E-state index is 0.611. The van der Waals surface area contributed by atoms with Crippen LogP contribution in [0.1, 0.15) is 31.5 Å². The SMILES string of the molecule is CCCn1ncc(-c2ccnc(NCc3cnn(CC)c3)n2)c1C. The molecule has 0 unspecified atom stereocenters. The van der Waals surface area contributed by atoms with Crippen LogP contribution in [0.2, 0.25) is 0 Å². The van der Waals surface area contributed by atoms with E-state index in [-0.39, 0.29) is 0 Å². The van der Waals surface area contributed by atoms with E-state index in [0.29, 0.717) is 12.5 Å². The van der Waals surface area contributed by atoms with Crippen molar-refractivity contribution < 1.29 is 0 Å². The molecule has 0 saturated carbocycles. The van der Waals surface area contributed by atoms with Gasteiger partial charge in [0.25, 0.3) is 0 Å². The summed E-state index contributed by atoms with van der Waals surface area (Å²) in [5.74, 6) is 0.611. The Morgan fingerprint density at radius 3 is 2.79 bits per heavy atom. The molecule has 0 aliphatic heterocycles. The lowest BCUT2D eigenvalue weighted by Gasteiger charge is -2.06. The van der Waals surface area contributed by atoms with Crippen molar-refractivity contribution in [2.75, 3.05) is 5.32 Å². The van der Waals surface area contributed by atoms with Gasteiger partial charge in [-0.25, -0.2) is 9.97 Å². The van der Waals surface area contributed by atoms with Gasteiger partial charge in [0.2, 0.25) is 5.95 Å². The predicted molar refractivity (Wildman–Crippen MR) is 93.5 cm³/mol. The van der Waals surface area contributed by atoms with Crippen LogP contribution in [0.4, 0.5) is 5.95 Å². The minimum atomic E-state index is 0.611. The second-order valence-corrected chi connectivity index (χ2v) is 5.69. The Morgan fingerprint density at radius 2 is 2.04 bits per heavy atom. The van der Waals surface area contributed by atoms with Crippen molar-refractivity contribution in [1.82, 2.24) is 29.5 Å². The van der Waals surface area contributed by atoms with E-state index in [2.05, 4.69) is 46.3 Å². The van der Waals surface area contributed by atoms with Crippen LogP contribution in [0.25, 0.3) is 11.3 Å². The Labute approximate surface area is 141 Å². The number of anilines is 1. The first-order valence-corrected chi connectivity index (χ1v) is 8.32. The van der Waals surface area contributed by atoms with E-state index in [1.54, 1.807) is 6.20 Å². The van der Waals surface area contributed by atoms with E-state index in [1.165, 1.54) is 0 Å². The van der Waals surface area contributed by atoms with Crippen LogP contribution in [0.15, 0.2) is 30.9 Å². The standard InChI is InChI=1S/C17H23N7/c1-4-8-24-13(3)15(11-21-24)16-6-7-18-17(22-16)19-9-14-10-20-23(5-2)12-14/h6-7,10-12H,4-5,8-9H2,1-3H3,(H,18,19,22). The topological polar surface area (TPSA) is 73.5 Å². The molecule has 24 heavy (non-hydrogen) atoms. The first-order chi connectivity index (χ1) is 11.7. The van der Waals surface area contributed by atoms with Crippen LogP contribution >= 0.6 is 0 Å². The third kappa shape index (κ3) is 3.45. The van der Waals surface area contributed by atoms with Gasteiger partial charge in [0.15, 0.2) is 0 Å². The monoisotopic (exact) mass is 325 g/mol.